The molecule has 1 aromatic heterocycles. The van der Waals surface area contributed by atoms with E-state index in [0.717, 1.165) is 5.82 Å². The van der Waals surface area contributed by atoms with Crippen LogP contribution in [0.4, 0.5) is 5.82 Å². The van der Waals surface area contributed by atoms with E-state index in [0.29, 0.717) is 36.3 Å². The van der Waals surface area contributed by atoms with Crippen LogP contribution in [0.1, 0.15) is 32.0 Å². The van der Waals surface area contributed by atoms with Crippen molar-refractivity contribution in [3.63, 3.8) is 0 Å². The van der Waals surface area contributed by atoms with E-state index < -0.39 is 0 Å². The smallest absolute Gasteiger partial charge is 0.158 e. The monoisotopic (exact) mass is 296 g/mol. The molecule has 3 heterocycles. The second kappa shape index (κ2) is 6.24. The minimum atomic E-state index is 0.409. The molecular weight excluding hydrogens is 276 g/mol. The van der Waals surface area contributed by atoms with Crippen LogP contribution in [0, 0.1) is 0 Å². The average Bonchev–Trinajstić information content (AvgIpc) is 3.01. The van der Waals surface area contributed by atoms with Crippen molar-refractivity contribution in [1.29, 1.82) is 0 Å². The van der Waals surface area contributed by atoms with Gasteiger partial charge in [0.1, 0.15) is 17.6 Å². The summed E-state index contributed by atoms with van der Waals surface area (Å²) in [6.45, 7) is 5.44. The van der Waals surface area contributed by atoms with E-state index >= 15 is 0 Å². The van der Waals surface area contributed by atoms with Gasteiger partial charge in [0.15, 0.2) is 5.82 Å². The maximum Gasteiger partial charge on any atom is 0.158 e. The highest BCUT2D eigenvalue weighted by Crippen LogP contribution is 2.30. The van der Waals surface area contributed by atoms with Crippen molar-refractivity contribution < 1.29 is 4.74 Å². The van der Waals surface area contributed by atoms with Gasteiger partial charge in [0.05, 0.1) is 0 Å². The van der Waals surface area contributed by atoms with Crippen molar-refractivity contribution >= 4 is 17.4 Å². The molecule has 5 nitrogen and oxygen atoms in total. The van der Waals surface area contributed by atoms with E-state index in [4.69, 9.17) is 16.3 Å². The molecule has 0 radical (unpaired) electrons. The van der Waals surface area contributed by atoms with E-state index in [2.05, 4.69) is 20.2 Å². The Bertz CT molecular complexity index is 470. The zero-order chi connectivity index (χ0) is 13.9. The fourth-order valence-electron chi connectivity index (χ4n) is 3.24. The van der Waals surface area contributed by atoms with Gasteiger partial charge in [-0.3, -0.25) is 4.90 Å². The van der Waals surface area contributed by atoms with Crippen molar-refractivity contribution in [3.8, 4) is 0 Å². The lowest BCUT2D eigenvalue weighted by Gasteiger charge is -2.21. The Kier molecular flexibility index (Phi) is 4.38. The molecule has 0 aliphatic carbocycles. The predicted octanol–water partition coefficient (Wildman–Crippen LogP) is 2.32. The first-order valence-corrected chi connectivity index (χ1v) is 7.76. The van der Waals surface area contributed by atoms with Gasteiger partial charge in [0, 0.05) is 31.3 Å². The number of ether oxygens (including phenoxy) is 1. The number of hydrogen-bond acceptors (Lipinski definition) is 5. The van der Waals surface area contributed by atoms with Crippen LogP contribution in [0.2, 0.25) is 5.15 Å². The van der Waals surface area contributed by atoms with E-state index in [9.17, 15) is 0 Å². The zero-order valence-electron chi connectivity index (χ0n) is 11.8. The Morgan fingerprint density at radius 1 is 1.40 bits per heavy atom. The summed E-state index contributed by atoms with van der Waals surface area (Å²) in [5.41, 5.74) is 0. The van der Waals surface area contributed by atoms with Crippen LogP contribution in [0.15, 0.2) is 6.07 Å². The number of aromatic nitrogens is 2. The highest BCUT2D eigenvalue weighted by molar-refractivity contribution is 6.29. The summed E-state index contributed by atoms with van der Waals surface area (Å²) in [6.07, 6.45) is 3.76. The van der Waals surface area contributed by atoms with Crippen molar-refractivity contribution in [2.24, 2.45) is 0 Å². The second-order valence-electron chi connectivity index (χ2n) is 5.41. The van der Waals surface area contributed by atoms with Crippen LogP contribution < -0.4 is 5.32 Å². The lowest BCUT2D eigenvalue weighted by Crippen LogP contribution is -2.34. The summed E-state index contributed by atoms with van der Waals surface area (Å²) in [4.78, 5) is 11.3. The van der Waals surface area contributed by atoms with Crippen molar-refractivity contribution in [3.05, 3.63) is 17.0 Å². The van der Waals surface area contributed by atoms with E-state index in [1.165, 1.54) is 32.4 Å². The Morgan fingerprint density at radius 2 is 2.30 bits per heavy atom. The Morgan fingerprint density at radius 3 is 3.15 bits per heavy atom. The van der Waals surface area contributed by atoms with Gasteiger partial charge < -0.3 is 10.1 Å². The first-order chi connectivity index (χ1) is 9.76. The van der Waals surface area contributed by atoms with E-state index in [1.54, 1.807) is 6.07 Å². The van der Waals surface area contributed by atoms with Gasteiger partial charge in [-0.25, -0.2) is 9.97 Å². The number of anilines is 1. The van der Waals surface area contributed by atoms with Crippen LogP contribution >= 0.6 is 11.6 Å². The maximum atomic E-state index is 6.07. The molecule has 2 saturated heterocycles. The normalized spacial score (nSPS) is 25.9. The van der Waals surface area contributed by atoms with Gasteiger partial charge in [-0.1, -0.05) is 11.6 Å². The largest absolute Gasteiger partial charge is 0.374 e. The van der Waals surface area contributed by atoms with Crippen molar-refractivity contribution in [1.82, 2.24) is 14.9 Å². The third kappa shape index (κ3) is 3.05. The minimum Gasteiger partial charge on any atom is -0.374 e. The third-order valence-corrected chi connectivity index (χ3v) is 4.31. The molecule has 0 amide bonds. The summed E-state index contributed by atoms with van der Waals surface area (Å²) < 4.78 is 5.35. The van der Waals surface area contributed by atoms with Gasteiger partial charge >= 0.3 is 0 Å². The zero-order valence-corrected chi connectivity index (χ0v) is 12.6. The van der Waals surface area contributed by atoms with Crippen LogP contribution in [-0.4, -0.2) is 46.6 Å². The van der Waals surface area contributed by atoms with Crippen LogP contribution in [0.25, 0.3) is 0 Å². The maximum absolute atomic E-state index is 6.07. The van der Waals surface area contributed by atoms with Gasteiger partial charge in [0.2, 0.25) is 0 Å². The Balaban J connectivity index is 1.68. The fourth-order valence-corrected chi connectivity index (χ4v) is 3.44. The molecule has 20 heavy (non-hydrogen) atoms. The third-order valence-electron chi connectivity index (χ3n) is 4.12. The fraction of sp³-hybridized carbons (Fsp3) is 0.714. The lowest BCUT2D eigenvalue weighted by atomic mass is 10.1. The van der Waals surface area contributed by atoms with Gasteiger partial charge in [-0.05, 0) is 32.7 Å². The van der Waals surface area contributed by atoms with Crippen LogP contribution in [0.3, 0.4) is 0 Å². The second-order valence-corrected chi connectivity index (χ2v) is 5.80. The van der Waals surface area contributed by atoms with Crippen molar-refractivity contribution in [2.45, 2.75) is 44.9 Å². The molecule has 2 atom stereocenters. The predicted molar refractivity (Wildman–Crippen MR) is 79.0 cm³/mol. The van der Waals surface area contributed by atoms with Gasteiger partial charge in [-0.15, -0.1) is 0 Å². The summed E-state index contributed by atoms with van der Waals surface area (Å²) in [5.74, 6) is 1.46. The molecule has 2 aliphatic rings. The molecule has 0 bridgehead atoms. The highest BCUT2D eigenvalue weighted by atomic mass is 35.5. The lowest BCUT2D eigenvalue weighted by molar-refractivity contribution is 0.128. The molecule has 2 aliphatic heterocycles. The molecule has 0 aromatic carbocycles. The Hall–Kier alpha value is -0.910. The quantitative estimate of drug-likeness (QED) is 0.845. The average molecular weight is 297 g/mol. The topological polar surface area (TPSA) is 50.3 Å². The molecular formula is C14H21ClN4O. The molecule has 3 rings (SSSR count). The summed E-state index contributed by atoms with van der Waals surface area (Å²) in [5, 5.41) is 4.01. The number of rotatable bonds is 5. The van der Waals surface area contributed by atoms with Crippen LogP contribution in [-0.2, 0) is 11.3 Å². The summed E-state index contributed by atoms with van der Waals surface area (Å²) >= 11 is 6.07. The van der Waals surface area contributed by atoms with E-state index in [-0.39, 0.29) is 0 Å². The Labute approximate surface area is 124 Å². The van der Waals surface area contributed by atoms with Crippen LogP contribution in [0.5, 0.6) is 0 Å². The SMILES string of the molecule is CCOCc1nc(Cl)cc(NC2CCN3CCCC23)n1. The number of nitrogens with one attached hydrogen (secondary N) is 1. The van der Waals surface area contributed by atoms with Gasteiger partial charge in [0.25, 0.3) is 0 Å². The molecule has 0 saturated carbocycles. The molecule has 2 fully saturated rings. The molecule has 2 unspecified atom stereocenters. The first-order valence-electron chi connectivity index (χ1n) is 7.38. The number of hydrogen-bond donors (Lipinski definition) is 1. The first kappa shape index (κ1) is 14.0. The highest BCUT2D eigenvalue weighted by Gasteiger charge is 2.37. The number of fused-ring (bicyclic) bond motifs is 1. The molecule has 0 spiro atoms. The van der Waals surface area contributed by atoms with Crippen molar-refractivity contribution in [2.75, 3.05) is 25.0 Å². The molecule has 1 aromatic rings. The summed E-state index contributed by atoms with van der Waals surface area (Å²) in [6, 6.07) is 2.93. The molecule has 6 heteroatoms. The number of nitrogens with zero attached hydrogens (tertiary/aromatic N) is 3. The molecule has 1 N–H and O–H groups in total. The number of halogens is 1. The molecule has 110 valence electrons. The standard InChI is InChI=1S/C14H21ClN4O/c1-2-20-9-14-17-12(15)8-13(18-14)16-10-5-7-19-6-3-4-11(10)19/h8,10-11H,2-7,9H2,1H3,(H,16,17,18). The minimum absolute atomic E-state index is 0.409. The summed E-state index contributed by atoms with van der Waals surface area (Å²) in [7, 11) is 0. The van der Waals surface area contributed by atoms with Gasteiger partial charge in [-0.2, -0.15) is 0 Å². The van der Waals surface area contributed by atoms with E-state index in [1.807, 2.05) is 6.92 Å².